The summed E-state index contributed by atoms with van der Waals surface area (Å²) in [6, 6.07) is 7.00. The van der Waals surface area contributed by atoms with Gasteiger partial charge >= 0.3 is 0 Å². The Labute approximate surface area is 92.6 Å². The molecule has 0 bridgehead atoms. The van der Waals surface area contributed by atoms with Crippen molar-refractivity contribution in [1.29, 1.82) is 0 Å². The van der Waals surface area contributed by atoms with Crippen molar-refractivity contribution in [2.24, 2.45) is 0 Å². The molecule has 0 N–H and O–H groups in total. The van der Waals surface area contributed by atoms with E-state index in [4.69, 9.17) is 23.2 Å². The molecule has 0 aliphatic rings. The summed E-state index contributed by atoms with van der Waals surface area (Å²) in [5.41, 5.74) is 0.816. The maximum atomic E-state index is 12.9. The molecule has 0 aliphatic heterocycles. The molecule has 0 radical (unpaired) electrons. The van der Waals surface area contributed by atoms with Gasteiger partial charge in [-0.1, -0.05) is 41.4 Å². The molecule has 0 atom stereocenters. The van der Waals surface area contributed by atoms with Gasteiger partial charge in [0.15, 0.2) is 0 Å². The second-order valence-corrected chi connectivity index (χ2v) is 3.52. The third kappa shape index (κ3) is 3.17. The van der Waals surface area contributed by atoms with Crippen LogP contribution in [0.25, 0.3) is 6.08 Å². The van der Waals surface area contributed by atoms with Crippen LogP contribution in [0.15, 0.2) is 41.2 Å². The molecule has 14 heavy (non-hydrogen) atoms. The van der Waals surface area contributed by atoms with Crippen LogP contribution < -0.4 is 0 Å². The molecule has 0 heterocycles. The van der Waals surface area contributed by atoms with Crippen molar-refractivity contribution in [3.8, 4) is 0 Å². The second-order valence-electron chi connectivity index (χ2n) is 2.68. The van der Waals surface area contributed by atoms with E-state index in [9.17, 15) is 4.39 Å². The lowest BCUT2D eigenvalue weighted by Gasteiger charge is -1.96. The zero-order chi connectivity index (χ0) is 10.6. The lowest BCUT2D eigenvalue weighted by atomic mass is 10.2. The molecular formula is C11H9Cl2F. The van der Waals surface area contributed by atoms with Gasteiger partial charge in [0.25, 0.3) is 0 Å². The third-order valence-corrected chi connectivity index (χ3v) is 2.19. The van der Waals surface area contributed by atoms with E-state index < -0.39 is 5.83 Å². The van der Waals surface area contributed by atoms with Crippen LogP contribution in [0.3, 0.4) is 0 Å². The Kier molecular flexibility index (Phi) is 4.18. The van der Waals surface area contributed by atoms with Crippen molar-refractivity contribution in [2.45, 2.75) is 6.92 Å². The van der Waals surface area contributed by atoms with Gasteiger partial charge in [0.05, 0.1) is 5.03 Å². The monoisotopic (exact) mass is 230 g/mol. The predicted molar refractivity (Wildman–Crippen MR) is 60.1 cm³/mol. The number of allylic oxidation sites excluding steroid dienone is 3. The van der Waals surface area contributed by atoms with Gasteiger partial charge in [0.2, 0.25) is 0 Å². The highest BCUT2D eigenvalue weighted by Gasteiger charge is 1.98. The molecule has 0 aromatic heterocycles. The molecular weight excluding hydrogens is 222 g/mol. The van der Waals surface area contributed by atoms with E-state index in [0.717, 1.165) is 5.56 Å². The highest BCUT2D eigenvalue weighted by atomic mass is 35.5. The zero-order valence-electron chi connectivity index (χ0n) is 7.60. The normalized spacial score (nSPS) is 13.1. The zero-order valence-corrected chi connectivity index (χ0v) is 9.11. The van der Waals surface area contributed by atoms with Crippen LogP contribution >= 0.6 is 23.2 Å². The first-order valence-corrected chi connectivity index (χ1v) is 4.84. The number of rotatable bonds is 2. The van der Waals surface area contributed by atoms with E-state index in [-0.39, 0.29) is 5.03 Å². The fraction of sp³-hybridized carbons (Fsp3) is 0.0909. The van der Waals surface area contributed by atoms with Crippen molar-refractivity contribution in [3.63, 3.8) is 0 Å². The van der Waals surface area contributed by atoms with Gasteiger partial charge in [-0.25, -0.2) is 4.39 Å². The van der Waals surface area contributed by atoms with Crippen LogP contribution in [-0.4, -0.2) is 0 Å². The molecule has 0 nitrogen and oxygen atoms in total. The van der Waals surface area contributed by atoms with Gasteiger partial charge in [-0.05, 0) is 30.7 Å². The van der Waals surface area contributed by atoms with Gasteiger partial charge < -0.3 is 0 Å². The number of halogens is 3. The minimum atomic E-state index is -0.429. The molecule has 0 saturated heterocycles. The van der Waals surface area contributed by atoms with Gasteiger partial charge in [-0.15, -0.1) is 0 Å². The van der Waals surface area contributed by atoms with Crippen LogP contribution in [0, 0.1) is 0 Å². The molecule has 0 saturated carbocycles. The Balaban J connectivity index is 2.92. The summed E-state index contributed by atoms with van der Waals surface area (Å²) in [5, 5.41) is 0.736. The van der Waals surface area contributed by atoms with E-state index in [2.05, 4.69) is 0 Å². The summed E-state index contributed by atoms with van der Waals surface area (Å²) in [6.45, 7) is 1.59. The molecule has 3 heteroatoms. The maximum absolute atomic E-state index is 12.9. The average molecular weight is 231 g/mol. The van der Waals surface area contributed by atoms with Crippen LogP contribution in [0.4, 0.5) is 4.39 Å². The van der Waals surface area contributed by atoms with Crippen LogP contribution in [0.5, 0.6) is 0 Å². The van der Waals surface area contributed by atoms with Crippen LogP contribution in [0.1, 0.15) is 12.5 Å². The fourth-order valence-electron chi connectivity index (χ4n) is 0.912. The highest BCUT2D eigenvalue weighted by molar-refractivity contribution is 6.33. The van der Waals surface area contributed by atoms with E-state index in [1.165, 1.54) is 6.08 Å². The standard InChI is InChI=1S/C11H9Cl2F/c1-2-11(14)10(13)7-8-3-5-9(12)6-4-8/h2-7H,1H3/b10-7-,11-2-. The first-order valence-electron chi connectivity index (χ1n) is 4.08. The molecule has 1 rings (SSSR count). The van der Waals surface area contributed by atoms with Gasteiger partial charge in [-0.3, -0.25) is 0 Å². The Morgan fingerprint density at radius 1 is 1.29 bits per heavy atom. The molecule has 0 amide bonds. The average Bonchev–Trinajstić information content (AvgIpc) is 2.20. The van der Waals surface area contributed by atoms with Crippen molar-refractivity contribution in [2.75, 3.05) is 0 Å². The van der Waals surface area contributed by atoms with Crippen LogP contribution in [-0.2, 0) is 0 Å². The maximum Gasteiger partial charge on any atom is 0.137 e. The van der Waals surface area contributed by atoms with Gasteiger partial charge in [0, 0.05) is 5.02 Å². The van der Waals surface area contributed by atoms with Gasteiger partial charge in [0.1, 0.15) is 5.83 Å². The minimum Gasteiger partial charge on any atom is -0.206 e. The fourth-order valence-corrected chi connectivity index (χ4v) is 1.27. The van der Waals surface area contributed by atoms with E-state index in [1.54, 1.807) is 37.3 Å². The molecule has 74 valence electrons. The molecule has 0 fully saturated rings. The summed E-state index contributed by atoms with van der Waals surface area (Å²) in [6.07, 6.45) is 2.86. The molecule has 0 unspecified atom stereocenters. The van der Waals surface area contributed by atoms with Crippen LogP contribution in [0.2, 0.25) is 5.02 Å². The van der Waals surface area contributed by atoms with Crippen molar-refractivity contribution < 1.29 is 4.39 Å². The second kappa shape index (κ2) is 5.18. The number of hydrogen-bond donors (Lipinski definition) is 0. The lowest BCUT2D eigenvalue weighted by molar-refractivity contribution is 0.661. The summed E-state index contributed by atoms with van der Waals surface area (Å²) in [4.78, 5) is 0. The Morgan fingerprint density at radius 2 is 1.86 bits per heavy atom. The predicted octanol–water partition coefficient (Wildman–Crippen LogP) is 4.79. The number of hydrogen-bond acceptors (Lipinski definition) is 0. The first kappa shape index (κ1) is 11.3. The third-order valence-electron chi connectivity index (χ3n) is 1.64. The summed E-state index contributed by atoms with van der Waals surface area (Å²) >= 11 is 11.4. The Hall–Kier alpha value is -0.790. The van der Waals surface area contributed by atoms with Crippen molar-refractivity contribution >= 4 is 29.3 Å². The summed E-state index contributed by atoms with van der Waals surface area (Å²) in [5.74, 6) is -0.429. The largest absolute Gasteiger partial charge is 0.206 e. The molecule has 1 aromatic carbocycles. The molecule has 0 spiro atoms. The summed E-state index contributed by atoms with van der Waals surface area (Å²) in [7, 11) is 0. The highest BCUT2D eigenvalue weighted by Crippen LogP contribution is 2.20. The topological polar surface area (TPSA) is 0 Å². The Morgan fingerprint density at radius 3 is 2.36 bits per heavy atom. The first-order chi connectivity index (χ1) is 6.63. The molecule has 0 aliphatic carbocycles. The quantitative estimate of drug-likeness (QED) is 0.641. The van der Waals surface area contributed by atoms with E-state index in [0.29, 0.717) is 5.02 Å². The summed E-state index contributed by atoms with van der Waals surface area (Å²) < 4.78 is 12.9. The lowest BCUT2D eigenvalue weighted by Crippen LogP contribution is -1.75. The molecule has 1 aromatic rings. The Bertz CT molecular complexity index is 363. The van der Waals surface area contributed by atoms with Crippen molar-refractivity contribution in [1.82, 2.24) is 0 Å². The van der Waals surface area contributed by atoms with E-state index >= 15 is 0 Å². The van der Waals surface area contributed by atoms with E-state index in [1.807, 2.05) is 0 Å². The smallest absolute Gasteiger partial charge is 0.137 e. The van der Waals surface area contributed by atoms with Gasteiger partial charge in [-0.2, -0.15) is 0 Å². The minimum absolute atomic E-state index is 0.0924. The van der Waals surface area contributed by atoms with Crippen molar-refractivity contribution in [3.05, 3.63) is 51.8 Å². The SMILES string of the molecule is C/C=C(F)/C(Cl)=C/c1ccc(Cl)cc1. The number of benzene rings is 1.